The molecular formula is C32H43Cl2N5O3. The molecule has 2 amide bonds. The fourth-order valence-corrected chi connectivity index (χ4v) is 6.27. The van der Waals surface area contributed by atoms with Gasteiger partial charge in [-0.3, -0.25) is 14.5 Å². The summed E-state index contributed by atoms with van der Waals surface area (Å²) in [5.41, 5.74) is 4.45. The molecule has 1 unspecified atom stereocenters. The quantitative estimate of drug-likeness (QED) is 0.374. The van der Waals surface area contributed by atoms with E-state index in [1.807, 2.05) is 52.0 Å². The number of amides is 2. The summed E-state index contributed by atoms with van der Waals surface area (Å²) in [6.45, 7) is 10.9. The number of nitrogens with one attached hydrogen (secondary N) is 1. The fraction of sp³-hybridized carbons (Fsp3) is 0.469. The first-order valence-corrected chi connectivity index (χ1v) is 14.3. The van der Waals surface area contributed by atoms with E-state index < -0.39 is 11.6 Å². The minimum absolute atomic E-state index is 0. The van der Waals surface area contributed by atoms with Gasteiger partial charge in [-0.1, -0.05) is 50.2 Å². The first kappa shape index (κ1) is 33.4. The SMILES string of the molecule is COc1ccccc1CN1C(=O)C(CC(C)C)NC(=O)C12CCN(Cc1c(C)nn(-c3ccccc3)c1C)CC2.Cl.Cl. The molecule has 228 valence electrons. The van der Waals surface area contributed by atoms with Crippen molar-refractivity contribution in [3.63, 3.8) is 0 Å². The van der Waals surface area contributed by atoms with Crippen LogP contribution in [0.5, 0.6) is 5.75 Å². The van der Waals surface area contributed by atoms with Gasteiger partial charge in [-0.05, 0) is 57.2 Å². The second-order valence-electron chi connectivity index (χ2n) is 11.6. The van der Waals surface area contributed by atoms with Crippen LogP contribution in [0.4, 0.5) is 0 Å². The van der Waals surface area contributed by atoms with E-state index >= 15 is 0 Å². The molecule has 0 aliphatic carbocycles. The zero-order valence-electron chi connectivity index (χ0n) is 25.1. The smallest absolute Gasteiger partial charge is 0.246 e. The normalized spacial score (nSPS) is 18.4. The monoisotopic (exact) mass is 615 g/mol. The predicted octanol–water partition coefficient (Wildman–Crippen LogP) is 5.25. The van der Waals surface area contributed by atoms with E-state index in [0.29, 0.717) is 44.8 Å². The molecule has 0 bridgehead atoms. The van der Waals surface area contributed by atoms with Crippen molar-refractivity contribution in [2.24, 2.45) is 5.92 Å². The number of hydrogen-bond acceptors (Lipinski definition) is 5. The number of piperazine rings is 1. The summed E-state index contributed by atoms with van der Waals surface area (Å²) >= 11 is 0. The lowest BCUT2D eigenvalue weighted by atomic mass is 9.80. The molecule has 0 radical (unpaired) electrons. The molecule has 3 heterocycles. The summed E-state index contributed by atoms with van der Waals surface area (Å²) < 4.78 is 7.61. The number of likely N-dealkylation sites (tertiary alicyclic amines) is 1. The van der Waals surface area contributed by atoms with E-state index in [9.17, 15) is 9.59 Å². The third kappa shape index (κ3) is 6.46. The Balaban J connectivity index is 0.00000242. The van der Waals surface area contributed by atoms with Crippen molar-refractivity contribution < 1.29 is 14.3 Å². The molecule has 1 N–H and O–H groups in total. The molecule has 1 aromatic heterocycles. The lowest BCUT2D eigenvalue weighted by Crippen LogP contribution is -2.72. The van der Waals surface area contributed by atoms with Gasteiger partial charge in [-0.15, -0.1) is 24.8 Å². The maximum Gasteiger partial charge on any atom is 0.246 e. The number of halogens is 2. The van der Waals surface area contributed by atoms with Crippen molar-refractivity contribution in [2.75, 3.05) is 20.2 Å². The summed E-state index contributed by atoms with van der Waals surface area (Å²) in [6, 6.07) is 17.4. The van der Waals surface area contributed by atoms with Crippen molar-refractivity contribution in [1.82, 2.24) is 24.9 Å². The van der Waals surface area contributed by atoms with Gasteiger partial charge >= 0.3 is 0 Å². The maximum absolute atomic E-state index is 13.9. The second kappa shape index (κ2) is 13.9. The number of aromatic nitrogens is 2. The summed E-state index contributed by atoms with van der Waals surface area (Å²) in [5.74, 6) is 0.997. The molecule has 3 aromatic rings. The minimum Gasteiger partial charge on any atom is -0.496 e. The Labute approximate surface area is 261 Å². The van der Waals surface area contributed by atoms with Gasteiger partial charge in [0.05, 0.1) is 25.0 Å². The Kier molecular flexibility index (Phi) is 11.1. The van der Waals surface area contributed by atoms with Crippen LogP contribution < -0.4 is 10.1 Å². The van der Waals surface area contributed by atoms with E-state index in [2.05, 4.69) is 50.0 Å². The molecule has 1 atom stereocenters. The number of carbonyl (C=O) groups is 2. The second-order valence-corrected chi connectivity index (χ2v) is 11.6. The Bertz CT molecular complexity index is 1370. The summed E-state index contributed by atoms with van der Waals surface area (Å²) in [6.07, 6.45) is 1.79. The maximum atomic E-state index is 13.9. The van der Waals surface area contributed by atoms with Gasteiger partial charge in [0, 0.05) is 36.5 Å². The average molecular weight is 617 g/mol. The van der Waals surface area contributed by atoms with Crippen LogP contribution in [0.15, 0.2) is 54.6 Å². The zero-order valence-corrected chi connectivity index (χ0v) is 26.8. The molecule has 0 saturated carbocycles. The highest BCUT2D eigenvalue weighted by atomic mass is 35.5. The van der Waals surface area contributed by atoms with E-state index in [1.54, 1.807) is 7.11 Å². The highest BCUT2D eigenvalue weighted by Crippen LogP contribution is 2.37. The van der Waals surface area contributed by atoms with Crippen molar-refractivity contribution >= 4 is 36.6 Å². The number of nitrogens with zero attached hydrogens (tertiary/aromatic N) is 4. The number of methoxy groups -OCH3 is 1. The van der Waals surface area contributed by atoms with E-state index in [-0.39, 0.29) is 36.6 Å². The van der Waals surface area contributed by atoms with Crippen molar-refractivity contribution in [1.29, 1.82) is 0 Å². The van der Waals surface area contributed by atoms with Crippen molar-refractivity contribution in [2.45, 2.75) is 71.6 Å². The number of aryl methyl sites for hydroxylation is 1. The number of rotatable bonds is 8. The first-order chi connectivity index (χ1) is 19.2. The van der Waals surface area contributed by atoms with Crippen LogP contribution in [0.3, 0.4) is 0 Å². The molecule has 2 aliphatic heterocycles. The highest BCUT2D eigenvalue weighted by molar-refractivity contribution is 6.00. The first-order valence-electron chi connectivity index (χ1n) is 14.3. The van der Waals surface area contributed by atoms with E-state index in [1.165, 1.54) is 5.56 Å². The van der Waals surface area contributed by atoms with Gasteiger partial charge in [-0.2, -0.15) is 5.10 Å². The average Bonchev–Trinajstić information content (AvgIpc) is 3.24. The molecule has 1 spiro atoms. The van der Waals surface area contributed by atoms with Gasteiger partial charge in [0.2, 0.25) is 11.8 Å². The minimum atomic E-state index is -0.875. The molecule has 2 aliphatic rings. The molecule has 5 rings (SSSR count). The van der Waals surface area contributed by atoms with Crippen LogP contribution in [0.1, 0.15) is 55.6 Å². The van der Waals surface area contributed by atoms with Crippen LogP contribution in [0.25, 0.3) is 5.69 Å². The van der Waals surface area contributed by atoms with Gasteiger partial charge < -0.3 is 15.0 Å². The van der Waals surface area contributed by atoms with Crippen LogP contribution >= 0.6 is 24.8 Å². The Morgan fingerprint density at radius 3 is 2.26 bits per heavy atom. The number of piperidine rings is 1. The summed E-state index contributed by atoms with van der Waals surface area (Å²) in [7, 11) is 1.64. The van der Waals surface area contributed by atoms with E-state index in [0.717, 1.165) is 34.9 Å². The summed E-state index contributed by atoms with van der Waals surface area (Å²) in [4.78, 5) is 32.0. The topological polar surface area (TPSA) is 79.7 Å². The van der Waals surface area contributed by atoms with Gasteiger partial charge in [-0.25, -0.2) is 4.68 Å². The number of ether oxygens (including phenoxy) is 1. The van der Waals surface area contributed by atoms with Gasteiger partial charge in [0.15, 0.2) is 0 Å². The number of benzene rings is 2. The Morgan fingerprint density at radius 2 is 1.62 bits per heavy atom. The van der Waals surface area contributed by atoms with Crippen LogP contribution in [0.2, 0.25) is 0 Å². The van der Waals surface area contributed by atoms with Gasteiger partial charge in [0.25, 0.3) is 0 Å². The molecule has 42 heavy (non-hydrogen) atoms. The molecule has 8 nitrogen and oxygen atoms in total. The molecular weight excluding hydrogens is 573 g/mol. The molecule has 10 heteroatoms. The third-order valence-electron chi connectivity index (χ3n) is 8.54. The Hall–Kier alpha value is -3.07. The lowest BCUT2D eigenvalue weighted by molar-refractivity contribution is -0.162. The summed E-state index contributed by atoms with van der Waals surface area (Å²) in [5, 5.41) is 7.93. The Morgan fingerprint density at radius 1 is 0.976 bits per heavy atom. The molecule has 2 saturated heterocycles. The van der Waals surface area contributed by atoms with E-state index in [4.69, 9.17) is 9.84 Å². The lowest BCUT2D eigenvalue weighted by Gasteiger charge is -2.52. The number of hydrogen-bond donors (Lipinski definition) is 1. The standard InChI is InChI=1S/C32H41N5O3.2ClH/c1-22(2)19-28-30(38)36(20-25-11-9-10-14-29(25)40-5)32(31(39)33-28)15-17-35(18-16-32)21-27-23(3)34-37(24(27)4)26-12-7-6-8-13-26;;/h6-14,22,28H,15-21H2,1-5H3,(H,33,39);2*1H. The number of para-hydroxylation sites is 2. The van der Waals surface area contributed by atoms with Crippen molar-refractivity contribution in [3.8, 4) is 11.4 Å². The predicted molar refractivity (Wildman–Crippen MR) is 170 cm³/mol. The van der Waals surface area contributed by atoms with Crippen LogP contribution in [-0.4, -0.2) is 63.2 Å². The third-order valence-corrected chi connectivity index (χ3v) is 8.54. The zero-order chi connectivity index (χ0) is 28.4. The fourth-order valence-electron chi connectivity index (χ4n) is 6.27. The largest absolute Gasteiger partial charge is 0.496 e. The van der Waals surface area contributed by atoms with Crippen LogP contribution in [0, 0.1) is 19.8 Å². The molecule has 2 aromatic carbocycles. The number of carbonyl (C=O) groups excluding carboxylic acids is 2. The molecule has 2 fully saturated rings. The van der Waals surface area contributed by atoms with Crippen LogP contribution in [-0.2, 0) is 22.7 Å². The van der Waals surface area contributed by atoms with Gasteiger partial charge in [0.1, 0.15) is 17.3 Å². The highest BCUT2D eigenvalue weighted by Gasteiger charge is 2.53. The van der Waals surface area contributed by atoms with Crippen molar-refractivity contribution in [3.05, 3.63) is 77.1 Å².